The summed E-state index contributed by atoms with van der Waals surface area (Å²) in [6.45, 7) is 0. The molecule has 8 aromatic carbocycles. The first-order valence-electron chi connectivity index (χ1n) is 19.0. The second-order valence-corrected chi connectivity index (χ2v) is 14.2. The summed E-state index contributed by atoms with van der Waals surface area (Å²) in [5.41, 5.74) is 13.3. The highest BCUT2D eigenvalue weighted by molar-refractivity contribution is 6.28. The highest BCUT2D eigenvalue weighted by Gasteiger charge is 2.22. The molecule has 11 rings (SSSR count). The van der Waals surface area contributed by atoms with E-state index in [-0.39, 0.29) is 0 Å². The molecule has 0 saturated heterocycles. The summed E-state index contributed by atoms with van der Waals surface area (Å²) in [6, 6.07) is 73.0. The van der Waals surface area contributed by atoms with Crippen LogP contribution < -0.4 is 0 Å². The number of aromatic nitrogens is 4. The van der Waals surface area contributed by atoms with E-state index in [1.54, 1.807) is 0 Å². The fraction of sp³-hybridized carbons (Fsp3) is 0. The van der Waals surface area contributed by atoms with Gasteiger partial charge < -0.3 is 4.57 Å². The Morgan fingerprint density at radius 3 is 1.30 bits per heavy atom. The van der Waals surface area contributed by atoms with Crippen LogP contribution in [0.3, 0.4) is 0 Å². The van der Waals surface area contributed by atoms with Gasteiger partial charge in [-0.1, -0.05) is 164 Å². The molecule has 0 amide bonds. The van der Waals surface area contributed by atoms with Gasteiger partial charge >= 0.3 is 0 Å². The maximum atomic E-state index is 5.36. The van der Waals surface area contributed by atoms with Gasteiger partial charge in [0.05, 0.1) is 27.8 Å². The molecule has 0 saturated carbocycles. The van der Waals surface area contributed by atoms with Crippen molar-refractivity contribution < 1.29 is 0 Å². The van der Waals surface area contributed by atoms with Crippen molar-refractivity contribution in [1.82, 2.24) is 19.1 Å². The van der Waals surface area contributed by atoms with Gasteiger partial charge in [-0.15, -0.1) is 0 Å². The standard InChI is InChI=1S/C52H34N4/c1-4-14-35(15-5-1)36-24-26-37(27-25-36)38-28-30-40(31-29-38)52-53-44(39-16-6-2-7-17-39)34-49(54-52)56-46-23-13-11-21-43(46)51-48(56)33-32-47-50(51)42-20-10-12-22-45(42)55(47)41-18-8-3-9-19-41/h1-34H. The Labute approximate surface area is 324 Å². The summed E-state index contributed by atoms with van der Waals surface area (Å²) in [6.07, 6.45) is 0. The van der Waals surface area contributed by atoms with Crippen LogP contribution in [0, 0.1) is 0 Å². The molecule has 3 heterocycles. The summed E-state index contributed by atoms with van der Waals surface area (Å²) in [7, 11) is 0. The van der Waals surface area contributed by atoms with Crippen molar-refractivity contribution in [3.63, 3.8) is 0 Å². The average Bonchev–Trinajstić information content (AvgIpc) is 3.80. The first kappa shape index (κ1) is 31.9. The molecule has 3 aromatic heterocycles. The van der Waals surface area contributed by atoms with Crippen molar-refractivity contribution in [2.24, 2.45) is 0 Å². The topological polar surface area (TPSA) is 35.6 Å². The molecule has 0 fully saturated rings. The molecule has 4 nitrogen and oxygen atoms in total. The third-order valence-electron chi connectivity index (χ3n) is 11.0. The van der Waals surface area contributed by atoms with Gasteiger partial charge in [-0.25, -0.2) is 9.97 Å². The van der Waals surface area contributed by atoms with Gasteiger partial charge in [-0.3, -0.25) is 4.57 Å². The molecule has 11 aromatic rings. The van der Waals surface area contributed by atoms with E-state index in [1.165, 1.54) is 49.3 Å². The van der Waals surface area contributed by atoms with Crippen LogP contribution >= 0.6 is 0 Å². The van der Waals surface area contributed by atoms with Crippen LogP contribution in [0.4, 0.5) is 0 Å². The molecule has 0 atom stereocenters. The van der Waals surface area contributed by atoms with E-state index in [0.29, 0.717) is 5.82 Å². The Morgan fingerprint density at radius 1 is 0.304 bits per heavy atom. The summed E-state index contributed by atoms with van der Waals surface area (Å²) >= 11 is 0. The van der Waals surface area contributed by atoms with Crippen LogP contribution in [0.2, 0.25) is 0 Å². The zero-order chi connectivity index (χ0) is 37.0. The second-order valence-electron chi connectivity index (χ2n) is 14.2. The molecule has 0 N–H and O–H groups in total. The van der Waals surface area contributed by atoms with Gasteiger partial charge in [0.2, 0.25) is 0 Å². The second kappa shape index (κ2) is 13.1. The molecule has 0 aliphatic rings. The lowest BCUT2D eigenvalue weighted by Gasteiger charge is -2.13. The van der Waals surface area contributed by atoms with Gasteiger partial charge in [0, 0.05) is 44.4 Å². The zero-order valence-corrected chi connectivity index (χ0v) is 30.4. The summed E-state index contributed by atoms with van der Waals surface area (Å²) in [5, 5.41) is 4.87. The minimum Gasteiger partial charge on any atom is -0.309 e. The number of fused-ring (bicyclic) bond motifs is 7. The van der Waals surface area contributed by atoms with E-state index < -0.39 is 0 Å². The molecule has 0 unspecified atom stereocenters. The lowest BCUT2D eigenvalue weighted by molar-refractivity contribution is 1.05. The van der Waals surface area contributed by atoms with E-state index >= 15 is 0 Å². The average molecular weight is 715 g/mol. The van der Waals surface area contributed by atoms with Crippen LogP contribution in [0.15, 0.2) is 206 Å². The molecule has 262 valence electrons. The minimum absolute atomic E-state index is 0.681. The van der Waals surface area contributed by atoms with E-state index in [2.05, 4.69) is 209 Å². The highest BCUT2D eigenvalue weighted by atomic mass is 15.1. The van der Waals surface area contributed by atoms with E-state index in [9.17, 15) is 0 Å². The van der Waals surface area contributed by atoms with Gasteiger partial charge in [-0.2, -0.15) is 0 Å². The maximum Gasteiger partial charge on any atom is 0.162 e. The number of hydrogen-bond acceptors (Lipinski definition) is 2. The Kier molecular flexibility index (Phi) is 7.46. The highest BCUT2D eigenvalue weighted by Crippen LogP contribution is 2.42. The molecular weight excluding hydrogens is 681 g/mol. The quantitative estimate of drug-likeness (QED) is 0.172. The summed E-state index contributed by atoms with van der Waals surface area (Å²) < 4.78 is 4.70. The number of benzene rings is 8. The van der Waals surface area contributed by atoms with E-state index in [0.717, 1.165) is 44.9 Å². The predicted octanol–water partition coefficient (Wildman–Crippen LogP) is 13.3. The third-order valence-corrected chi connectivity index (χ3v) is 11.0. The number of hydrogen-bond donors (Lipinski definition) is 0. The first-order valence-corrected chi connectivity index (χ1v) is 19.0. The van der Waals surface area contributed by atoms with Gasteiger partial charge in [0.25, 0.3) is 0 Å². The predicted molar refractivity (Wildman–Crippen MR) is 232 cm³/mol. The maximum absolute atomic E-state index is 5.36. The van der Waals surface area contributed by atoms with Gasteiger partial charge in [0.1, 0.15) is 5.82 Å². The van der Waals surface area contributed by atoms with E-state index in [4.69, 9.17) is 9.97 Å². The Morgan fingerprint density at radius 2 is 0.732 bits per heavy atom. The molecule has 4 heteroatoms. The smallest absolute Gasteiger partial charge is 0.162 e. The van der Waals surface area contributed by atoms with Gasteiger partial charge in [0.15, 0.2) is 5.82 Å². The van der Waals surface area contributed by atoms with Crippen LogP contribution in [0.5, 0.6) is 0 Å². The van der Waals surface area contributed by atoms with Crippen molar-refractivity contribution in [2.45, 2.75) is 0 Å². The fourth-order valence-corrected chi connectivity index (χ4v) is 8.35. The Bertz CT molecular complexity index is 3200. The Hall–Kier alpha value is -7.56. The van der Waals surface area contributed by atoms with Crippen LogP contribution in [-0.4, -0.2) is 19.1 Å². The normalized spacial score (nSPS) is 11.6. The van der Waals surface area contributed by atoms with Crippen molar-refractivity contribution >= 4 is 43.6 Å². The van der Waals surface area contributed by atoms with Crippen molar-refractivity contribution in [3.05, 3.63) is 206 Å². The van der Waals surface area contributed by atoms with Crippen LogP contribution in [0.1, 0.15) is 0 Å². The molecule has 0 spiro atoms. The molecule has 56 heavy (non-hydrogen) atoms. The zero-order valence-electron chi connectivity index (χ0n) is 30.4. The molecular formula is C52H34N4. The number of rotatable bonds is 6. The Balaban J connectivity index is 1.10. The van der Waals surface area contributed by atoms with Gasteiger partial charge in [-0.05, 0) is 58.7 Å². The molecule has 0 bridgehead atoms. The van der Waals surface area contributed by atoms with Crippen molar-refractivity contribution in [3.8, 4) is 56.4 Å². The lowest BCUT2D eigenvalue weighted by atomic mass is 9.99. The fourth-order valence-electron chi connectivity index (χ4n) is 8.35. The lowest BCUT2D eigenvalue weighted by Crippen LogP contribution is -2.02. The minimum atomic E-state index is 0.681. The summed E-state index contributed by atoms with van der Waals surface area (Å²) in [4.78, 5) is 10.6. The molecule has 0 radical (unpaired) electrons. The number of nitrogens with zero attached hydrogens (tertiary/aromatic N) is 4. The largest absolute Gasteiger partial charge is 0.309 e. The van der Waals surface area contributed by atoms with Crippen LogP contribution in [0.25, 0.3) is 100 Å². The third kappa shape index (κ3) is 5.23. The van der Waals surface area contributed by atoms with Crippen LogP contribution in [-0.2, 0) is 0 Å². The van der Waals surface area contributed by atoms with Crippen molar-refractivity contribution in [2.75, 3.05) is 0 Å². The molecule has 0 aliphatic heterocycles. The first-order chi connectivity index (χ1) is 27.8. The number of para-hydroxylation sites is 3. The van der Waals surface area contributed by atoms with E-state index in [1.807, 2.05) is 6.07 Å². The SMILES string of the molecule is c1ccc(-c2ccc(-c3ccc(-c4nc(-c5ccccc5)cc(-n5c6ccccc6c6c7c8ccccc8n(-c8ccccc8)c7ccc65)n4)cc3)cc2)cc1. The summed E-state index contributed by atoms with van der Waals surface area (Å²) in [5.74, 6) is 1.51. The van der Waals surface area contributed by atoms with Crippen molar-refractivity contribution in [1.29, 1.82) is 0 Å². The monoisotopic (exact) mass is 714 g/mol. The molecule has 0 aliphatic carbocycles.